The van der Waals surface area contributed by atoms with E-state index in [0.717, 1.165) is 0 Å². The summed E-state index contributed by atoms with van der Waals surface area (Å²) in [6.45, 7) is 2.60. The number of benzene rings is 2. The fourth-order valence-corrected chi connectivity index (χ4v) is 2.65. The van der Waals surface area contributed by atoms with Crippen molar-refractivity contribution >= 4 is 23.0 Å². The molecule has 0 aromatic heterocycles. The molecule has 1 aliphatic carbocycles. The molecular weight excluding hydrogens is 320 g/mol. The highest BCUT2D eigenvalue weighted by atomic mass is 16.3. The van der Waals surface area contributed by atoms with Crippen LogP contribution in [0.15, 0.2) is 64.1 Å². The average Bonchev–Trinajstić information content (AvgIpc) is 2.59. The van der Waals surface area contributed by atoms with Crippen molar-refractivity contribution in [3.8, 4) is 0 Å². The van der Waals surface area contributed by atoms with Gasteiger partial charge in [0.15, 0.2) is 23.0 Å². The molecule has 0 bridgehead atoms. The number of aliphatic hydroxyl groups excluding tert-OH is 1. The van der Waals surface area contributed by atoms with Crippen molar-refractivity contribution < 1.29 is 19.5 Å². The summed E-state index contributed by atoms with van der Waals surface area (Å²) in [5.41, 5.74) is 1.43. The first-order valence-electron chi connectivity index (χ1n) is 7.55. The quantitative estimate of drug-likeness (QED) is 0.446. The Labute approximate surface area is 143 Å². The van der Waals surface area contributed by atoms with Crippen LogP contribution in [-0.4, -0.2) is 22.5 Å². The maximum atomic E-state index is 12.6. The third-order valence-electron chi connectivity index (χ3n) is 3.85. The summed E-state index contributed by atoms with van der Waals surface area (Å²) in [7, 11) is 0. The smallest absolute Gasteiger partial charge is 0.194 e. The summed E-state index contributed by atoms with van der Waals surface area (Å²) in [5, 5.41) is 17.1. The van der Waals surface area contributed by atoms with Gasteiger partial charge < -0.3 is 5.11 Å². The minimum atomic E-state index is -0.429. The van der Waals surface area contributed by atoms with Crippen LogP contribution < -0.4 is 0 Å². The van der Waals surface area contributed by atoms with Crippen molar-refractivity contribution in [3.63, 3.8) is 0 Å². The second-order valence-electron chi connectivity index (χ2n) is 5.62. The number of Topliss-reactive ketones (excluding diaryl/α,β-unsaturated/α-hetero) is 1. The second kappa shape index (κ2) is 6.24. The van der Waals surface area contributed by atoms with E-state index in [1.165, 1.54) is 32.0 Å². The summed E-state index contributed by atoms with van der Waals surface area (Å²) in [4.78, 5) is 36.6. The number of carbonyl (C=O) groups excluding carboxylic acids is 3. The van der Waals surface area contributed by atoms with Crippen LogP contribution in [-0.2, 0) is 4.79 Å². The first-order valence-corrected chi connectivity index (χ1v) is 7.55. The number of rotatable bonds is 3. The van der Waals surface area contributed by atoms with E-state index in [-0.39, 0.29) is 28.6 Å². The van der Waals surface area contributed by atoms with Crippen molar-refractivity contribution in [2.75, 3.05) is 0 Å². The lowest BCUT2D eigenvalue weighted by Crippen LogP contribution is -2.20. The fraction of sp³-hybridized carbons (Fsp3) is 0.105. The molecule has 0 unspecified atom stereocenters. The van der Waals surface area contributed by atoms with E-state index in [2.05, 4.69) is 10.2 Å². The topological polar surface area (TPSA) is 96.2 Å². The third kappa shape index (κ3) is 2.89. The Morgan fingerprint density at radius 2 is 1.44 bits per heavy atom. The SMILES string of the molecule is CC(=O)/C(N=Nc1ccc2c(c1)C(=O)c1ccccc1C2=O)=C(\C)O. The summed E-state index contributed by atoms with van der Waals surface area (Å²) < 4.78 is 0. The highest BCUT2D eigenvalue weighted by Crippen LogP contribution is 2.30. The lowest BCUT2D eigenvalue weighted by Gasteiger charge is -2.17. The average molecular weight is 334 g/mol. The molecule has 2 aromatic rings. The van der Waals surface area contributed by atoms with Crippen LogP contribution >= 0.6 is 0 Å². The molecule has 0 spiro atoms. The second-order valence-corrected chi connectivity index (χ2v) is 5.62. The minimum Gasteiger partial charge on any atom is -0.510 e. The molecule has 0 saturated heterocycles. The molecule has 25 heavy (non-hydrogen) atoms. The number of azo groups is 1. The van der Waals surface area contributed by atoms with Crippen molar-refractivity contribution in [3.05, 3.63) is 76.2 Å². The highest BCUT2D eigenvalue weighted by Gasteiger charge is 2.29. The summed E-state index contributed by atoms with van der Waals surface area (Å²) in [5.74, 6) is -1.15. The molecule has 0 fully saturated rings. The fourth-order valence-electron chi connectivity index (χ4n) is 2.65. The molecule has 3 rings (SSSR count). The van der Waals surface area contributed by atoms with Crippen LogP contribution in [0, 0.1) is 0 Å². The Bertz CT molecular complexity index is 983. The van der Waals surface area contributed by atoms with Gasteiger partial charge in [-0.15, -0.1) is 5.11 Å². The first kappa shape index (κ1) is 16.4. The van der Waals surface area contributed by atoms with E-state index in [0.29, 0.717) is 22.4 Å². The highest BCUT2D eigenvalue weighted by molar-refractivity contribution is 6.28. The number of fused-ring (bicyclic) bond motifs is 2. The largest absolute Gasteiger partial charge is 0.510 e. The summed E-state index contributed by atoms with van der Waals surface area (Å²) in [6, 6.07) is 11.2. The Hall–Kier alpha value is -3.41. The standard InChI is InChI=1S/C19H14N2O4/c1-10(22)17(11(2)23)21-20-12-7-8-15-16(9-12)19(25)14-6-4-3-5-13(14)18(15)24/h3-9,22H,1-2H3/b17-10-,21-20?. The first-order chi connectivity index (χ1) is 11.9. The van der Waals surface area contributed by atoms with E-state index in [1.807, 2.05) is 0 Å². The van der Waals surface area contributed by atoms with Crippen LogP contribution in [0.25, 0.3) is 0 Å². The lowest BCUT2D eigenvalue weighted by atomic mass is 9.84. The number of aliphatic hydroxyl groups is 1. The molecular formula is C19H14N2O4. The number of nitrogens with zero attached hydrogens (tertiary/aromatic N) is 2. The van der Waals surface area contributed by atoms with Crippen LogP contribution in [0.2, 0.25) is 0 Å². The van der Waals surface area contributed by atoms with Crippen molar-refractivity contribution in [1.82, 2.24) is 0 Å². The van der Waals surface area contributed by atoms with E-state index in [1.54, 1.807) is 24.3 Å². The van der Waals surface area contributed by atoms with E-state index in [9.17, 15) is 19.5 Å². The monoisotopic (exact) mass is 334 g/mol. The lowest BCUT2D eigenvalue weighted by molar-refractivity contribution is -0.113. The molecule has 2 aromatic carbocycles. The van der Waals surface area contributed by atoms with E-state index in [4.69, 9.17) is 0 Å². The third-order valence-corrected chi connectivity index (χ3v) is 3.85. The molecule has 0 aliphatic heterocycles. The zero-order valence-electron chi connectivity index (χ0n) is 13.6. The molecule has 0 saturated carbocycles. The van der Waals surface area contributed by atoms with Gasteiger partial charge in [-0.2, -0.15) is 5.11 Å². The molecule has 0 heterocycles. The summed E-state index contributed by atoms with van der Waals surface area (Å²) >= 11 is 0. The molecule has 124 valence electrons. The van der Waals surface area contributed by atoms with Crippen molar-refractivity contribution in [1.29, 1.82) is 0 Å². The normalized spacial score (nSPS) is 14.2. The molecule has 0 atom stereocenters. The van der Waals surface area contributed by atoms with Gasteiger partial charge in [0.25, 0.3) is 0 Å². The zero-order valence-corrected chi connectivity index (χ0v) is 13.6. The number of allylic oxidation sites excluding steroid dienone is 2. The van der Waals surface area contributed by atoms with Gasteiger partial charge in [-0.05, 0) is 25.1 Å². The van der Waals surface area contributed by atoms with Gasteiger partial charge in [-0.25, -0.2) is 0 Å². The molecule has 6 heteroatoms. The van der Waals surface area contributed by atoms with Crippen LogP contribution in [0.3, 0.4) is 0 Å². The Kier molecular flexibility index (Phi) is 4.10. The molecule has 1 aliphatic rings. The van der Waals surface area contributed by atoms with Crippen LogP contribution in [0.5, 0.6) is 0 Å². The van der Waals surface area contributed by atoms with Gasteiger partial charge in [-0.1, -0.05) is 24.3 Å². The van der Waals surface area contributed by atoms with Crippen molar-refractivity contribution in [2.24, 2.45) is 10.2 Å². The zero-order chi connectivity index (χ0) is 18.1. The maximum absolute atomic E-state index is 12.6. The van der Waals surface area contributed by atoms with Crippen LogP contribution in [0.1, 0.15) is 45.7 Å². The minimum absolute atomic E-state index is 0.162. The predicted octanol–water partition coefficient (Wildman–Crippen LogP) is 3.92. The molecule has 6 nitrogen and oxygen atoms in total. The maximum Gasteiger partial charge on any atom is 0.194 e. The van der Waals surface area contributed by atoms with E-state index >= 15 is 0 Å². The molecule has 1 N–H and O–H groups in total. The van der Waals surface area contributed by atoms with Gasteiger partial charge in [0, 0.05) is 29.2 Å². The number of hydrogen-bond donors (Lipinski definition) is 1. The number of carbonyl (C=O) groups is 3. The predicted molar refractivity (Wildman–Crippen MR) is 90.3 cm³/mol. The number of ketones is 3. The number of hydrogen-bond acceptors (Lipinski definition) is 6. The van der Waals surface area contributed by atoms with Crippen LogP contribution in [0.4, 0.5) is 5.69 Å². The van der Waals surface area contributed by atoms with Gasteiger partial charge in [0.1, 0.15) is 5.76 Å². The van der Waals surface area contributed by atoms with Gasteiger partial charge >= 0.3 is 0 Å². The van der Waals surface area contributed by atoms with Crippen molar-refractivity contribution in [2.45, 2.75) is 13.8 Å². The van der Waals surface area contributed by atoms with E-state index < -0.39 is 5.78 Å². The Balaban J connectivity index is 2.04. The van der Waals surface area contributed by atoms with Gasteiger partial charge in [-0.3, -0.25) is 14.4 Å². The van der Waals surface area contributed by atoms with Gasteiger partial charge in [0.05, 0.1) is 5.69 Å². The molecule has 0 amide bonds. The summed E-state index contributed by atoms with van der Waals surface area (Å²) in [6.07, 6.45) is 0. The molecule has 0 radical (unpaired) electrons. The van der Waals surface area contributed by atoms with Gasteiger partial charge in [0.2, 0.25) is 0 Å². The Morgan fingerprint density at radius 1 is 0.880 bits per heavy atom. The Morgan fingerprint density at radius 3 is 2.00 bits per heavy atom.